The molecule has 4 aromatic rings. The molecular formula is C36H38N2O8. The second kappa shape index (κ2) is 18.2. The lowest BCUT2D eigenvalue weighted by atomic mass is 10.2. The highest BCUT2D eigenvalue weighted by Gasteiger charge is 2.18. The zero-order chi connectivity index (χ0) is 33.3. The first-order valence-electron chi connectivity index (χ1n) is 14.5. The van der Waals surface area contributed by atoms with Gasteiger partial charge in [0, 0.05) is 0 Å². The molecule has 0 unspecified atom stereocenters. The van der Waals surface area contributed by atoms with Gasteiger partial charge < -0.3 is 18.9 Å². The number of hydrogen-bond acceptors (Lipinski definition) is 8. The van der Waals surface area contributed by atoms with Gasteiger partial charge in [0.15, 0.2) is 11.5 Å². The minimum atomic E-state index is -0.464. The molecule has 0 amide bonds. The third-order valence-corrected chi connectivity index (χ3v) is 6.21. The van der Waals surface area contributed by atoms with Crippen molar-refractivity contribution in [2.24, 2.45) is 0 Å². The predicted octanol–water partition coefficient (Wildman–Crippen LogP) is 9.04. The molecule has 4 rings (SSSR count). The van der Waals surface area contributed by atoms with Gasteiger partial charge in [0.05, 0.1) is 22.0 Å². The quantitative estimate of drug-likeness (QED) is 0.0771. The minimum Gasteiger partial charge on any atom is -0.489 e. The van der Waals surface area contributed by atoms with Crippen LogP contribution in [-0.2, 0) is 13.2 Å². The Morgan fingerprint density at radius 2 is 0.935 bits per heavy atom. The first-order valence-corrected chi connectivity index (χ1v) is 14.5. The van der Waals surface area contributed by atoms with E-state index in [1.54, 1.807) is 24.3 Å². The summed E-state index contributed by atoms with van der Waals surface area (Å²) in [4.78, 5) is 21.5. The smallest absolute Gasteiger partial charge is 0.314 e. The zero-order valence-electron chi connectivity index (χ0n) is 26.4. The van der Waals surface area contributed by atoms with Crippen LogP contribution in [0.25, 0.3) is 0 Å². The van der Waals surface area contributed by atoms with Gasteiger partial charge in [-0.05, 0) is 75.2 Å². The van der Waals surface area contributed by atoms with E-state index in [-0.39, 0.29) is 36.1 Å². The number of rotatable bonds is 14. The second-order valence-corrected chi connectivity index (χ2v) is 10.5. The number of hydrogen-bond donors (Lipinski definition) is 0. The Hall–Kier alpha value is -5.64. The van der Waals surface area contributed by atoms with Gasteiger partial charge in [-0.3, -0.25) is 20.2 Å². The highest BCUT2D eigenvalue weighted by molar-refractivity contribution is 5.52. The van der Waals surface area contributed by atoms with Crippen molar-refractivity contribution in [1.29, 1.82) is 0 Å². The third-order valence-electron chi connectivity index (χ3n) is 6.21. The molecule has 0 saturated carbocycles. The highest BCUT2D eigenvalue weighted by atomic mass is 16.6. The molecule has 0 aliphatic carbocycles. The molecule has 0 spiro atoms. The molecule has 0 heterocycles. The molecular weight excluding hydrogens is 588 g/mol. The fourth-order valence-corrected chi connectivity index (χ4v) is 3.78. The van der Waals surface area contributed by atoms with E-state index in [0.29, 0.717) is 24.7 Å². The maximum Gasteiger partial charge on any atom is 0.314 e. The summed E-state index contributed by atoms with van der Waals surface area (Å²) in [6.45, 7) is 9.17. The fraction of sp³-hybridized carbons (Fsp3) is 0.222. The van der Waals surface area contributed by atoms with Crippen LogP contribution in [0.2, 0.25) is 0 Å². The Bertz CT molecular complexity index is 1510. The zero-order valence-corrected chi connectivity index (χ0v) is 26.4. The predicted molar refractivity (Wildman–Crippen MR) is 178 cm³/mol. The fourth-order valence-electron chi connectivity index (χ4n) is 3.78. The van der Waals surface area contributed by atoms with Gasteiger partial charge in [0.2, 0.25) is 0 Å². The lowest BCUT2D eigenvalue weighted by Crippen LogP contribution is -2.00. The lowest BCUT2D eigenvalue weighted by molar-refractivity contribution is -0.386. The Kier molecular flexibility index (Phi) is 13.8. The molecule has 46 heavy (non-hydrogen) atoms. The summed E-state index contributed by atoms with van der Waals surface area (Å²) in [5.41, 5.74) is 3.95. The van der Waals surface area contributed by atoms with Crippen molar-refractivity contribution in [3.63, 3.8) is 0 Å². The van der Waals surface area contributed by atoms with Gasteiger partial charge in [0.25, 0.3) is 0 Å². The van der Waals surface area contributed by atoms with E-state index < -0.39 is 9.85 Å². The van der Waals surface area contributed by atoms with Crippen molar-refractivity contribution in [3.05, 3.63) is 152 Å². The number of nitro benzene ring substituents is 2. The Morgan fingerprint density at radius 1 is 0.565 bits per heavy atom. The van der Waals surface area contributed by atoms with E-state index >= 15 is 0 Å². The molecule has 0 aliphatic rings. The van der Waals surface area contributed by atoms with Gasteiger partial charge in [-0.25, -0.2) is 0 Å². The first-order chi connectivity index (χ1) is 22.1. The minimum absolute atomic E-state index is 0.101. The molecule has 0 N–H and O–H groups in total. The Morgan fingerprint density at radius 3 is 1.26 bits per heavy atom. The molecule has 4 aromatic carbocycles. The average Bonchev–Trinajstić information content (AvgIpc) is 3.04. The number of benzene rings is 4. The van der Waals surface area contributed by atoms with Crippen LogP contribution < -0.4 is 18.9 Å². The summed E-state index contributed by atoms with van der Waals surface area (Å²) in [7, 11) is 0. The normalized spacial score (nSPS) is 10.0. The molecule has 240 valence electrons. The summed E-state index contributed by atoms with van der Waals surface area (Å²) < 4.78 is 22.1. The topological polar surface area (TPSA) is 123 Å². The summed E-state index contributed by atoms with van der Waals surface area (Å²) in [6.07, 6.45) is 3.82. The van der Waals surface area contributed by atoms with E-state index in [9.17, 15) is 20.2 Å². The summed E-state index contributed by atoms with van der Waals surface area (Å²) in [5, 5.41) is 22.5. The van der Waals surface area contributed by atoms with Crippen LogP contribution in [0.15, 0.2) is 120 Å². The van der Waals surface area contributed by atoms with Crippen LogP contribution >= 0.6 is 0 Å². The number of nitrogens with zero attached hydrogens (tertiary/aromatic N) is 2. The lowest BCUT2D eigenvalue weighted by Gasteiger charge is -2.09. The van der Waals surface area contributed by atoms with Crippen molar-refractivity contribution >= 4 is 11.4 Å². The van der Waals surface area contributed by atoms with Gasteiger partial charge in [0.1, 0.15) is 37.9 Å². The second-order valence-electron chi connectivity index (χ2n) is 10.5. The van der Waals surface area contributed by atoms with Gasteiger partial charge in [-0.15, -0.1) is 0 Å². The number of nitro groups is 2. The van der Waals surface area contributed by atoms with Crippen LogP contribution in [-0.4, -0.2) is 23.1 Å². The molecule has 0 bridgehead atoms. The number of allylic oxidation sites excluding steroid dienone is 2. The van der Waals surface area contributed by atoms with Crippen LogP contribution in [0.5, 0.6) is 23.0 Å². The van der Waals surface area contributed by atoms with E-state index in [1.807, 2.05) is 101 Å². The van der Waals surface area contributed by atoms with E-state index in [1.165, 1.54) is 12.1 Å². The van der Waals surface area contributed by atoms with Crippen LogP contribution in [0.4, 0.5) is 11.4 Å². The van der Waals surface area contributed by atoms with E-state index in [2.05, 4.69) is 0 Å². The Labute approximate surface area is 268 Å². The maximum atomic E-state index is 11.2. The molecule has 10 nitrogen and oxygen atoms in total. The summed E-state index contributed by atoms with van der Waals surface area (Å²) in [5.74, 6) is 1.35. The highest BCUT2D eigenvalue weighted by Crippen LogP contribution is 2.33. The molecule has 0 aliphatic heterocycles. The molecule has 0 aromatic heterocycles. The SMILES string of the molecule is CC(C)=CCOc1ccc(OCc2ccccc2)c([N+](=O)[O-])c1.CC(C)=CCOc1ccc(OCc2ccccc2)c([N+](=O)[O-])c1. The molecule has 0 fully saturated rings. The van der Waals surface area contributed by atoms with Crippen LogP contribution in [0.1, 0.15) is 38.8 Å². The summed E-state index contributed by atoms with van der Waals surface area (Å²) in [6, 6.07) is 28.3. The van der Waals surface area contributed by atoms with E-state index in [4.69, 9.17) is 18.9 Å². The largest absolute Gasteiger partial charge is 0.489 e. The molecule has 0 atom stereocenters. The van der Waals surface area contributed by atoms with Crippen LogP contribution in [0, 0.1) is 20.2 Å². The third kappa shape index (κ3) is 12.2. The molecule has 0 saturated heterocycles. The number of ether oxygens (including phenoxy) is 4. The van der Waals surface area contributed by atoms with E-state index in [0.717, 1.165) is 22.3 Å². The molecule has 0 radical (unpaired) electrons. The van der Waals surface area contributed by atoms with Gasteiger partial charge >= 0.3 is 11.4 Å². The van der Waals surface area contributed by atoms with Crippen molar-refractivity contribution in [2.75, 3.05) is 13.2 Å². The standard InChI is InChI=1S/2C18H19NO4/c2*1-14(2)10-11-22-16-8-9-18(17(12-16)19(20)21)23-13-15-6-4-3-5-7-15/h2*3-10,12H,11,13H2,1-2H3. The Balaban J connectivity index is 0.000000250. The van der Waals surface area contributed by atoms with Crippen molar-refractivity contribution in [2.45, 2.75) is 40.9 Å². The van der Waals surface area contributed by atoms with Crippen molar-refractivity contribution in [1.82, 2.24) is 0 Å². The van der Waals surface area contributed by atoms with Crippen molar-refractivity contribution in [3.8, 4) is 23.0 Å². The van der Waals surface area contributed by atoms with Gasteiger partial charge in [-0.1, -0.05) is 71.8 Å². The van der Waals surface area contributed by atoms with Crippen LogP contribution in [0.3, 0.4) is 0 Å². The first kappa shape index (κ1) is 34.8. The van der Waals surface area contributed by atoms with Crippen molar-refractivity contribution < 1.29 is 28.8 Å². The van der Waals surface area contributed by atoms with Gasteiger partial charge in [-0.2, -0.15) is 0 Å². The summed E-state index contributed by atoms with van der Waals surface area (Å²) >= 11 is 0. The molecule has 10 heteroatoms. The average molecular weight is 627 g/mol. The monoisotopic (exact) mass is 626 g/mol. The maximum absolute atomic E-state index is 11.2.